The first-order valence-corrected chi connectivity index (χ1v) is 6.97. The molecule has 1 saturated heterocycles. The molecule has 4 heteroatoms. The third kappa shape index (κ3) is 2.23. The van der Waals surface area contributed by atoms with Gasteiger partial charge < -0.3 is 10.2 Å². The summed E-state index contributed by atoms with van der Waals surface area (Å²) in [7, 11) is 2.00. The van der Waals surface area contributed by atoms with Gasteiger partial charge in [0.25, 0.3) is 0 Å². The Hall–Kier alpha value is -0.610. The zero-order valence-corrected chi connectivity index (χ0v) is 11.2. The van der Waals surface area contributed by atoms with Crippen molar-refractivity contribution in [3.05, 3.63) is 10.6 Å². The summed E-state index contributed by atoms with van der Waals surface area (Å²) < 4.78 is 0. The Morgan fingerprint density at radius 3 is 2.94 bits per heavy atom. The molecule has 1 N–H and O–H groups in total. The second-order valence-electron chi connectivity index (χ2n) is 4.43. The van der Waals surface area contributed by atoms with Crippen LogP contribution in [0.2, 0.25) is 0 Å². The highest BCUT2D eigenvalue weighted by molar-refractivity contribution is 7.15. The first-order valence-electron chi connectivity index (χ1n) is 6.16. The molecule has 2 heterocycles. The molecule has 1 aliphatic rings. The molecule has 3 nitrogen and oxygen atoms in total. The van der Waals surface area contributed by atoms with Crippen LogP contribution in [0, 0.1) is 0 Å². The average Bonchev–Trinajstić information content (AvgIpc) is 2.85. The predicted octanol–water partition coefficient (Wildman–Crippen LogP) is 2.41. The van der Waals surface area contributed by atoms with E-state index in [0.717, 1.165) is 13.0 Å². The zero-order valence-electron chi connectivity index (χ0n) is 10.4. The van der Waals surface area contributed by atoms with Crippen molar-refractivity contribution in [2.45, 2.75) is 45.7 Å². The summed E-state index contributed by atoms with van der Waals surface area (Å²) in [6, 6.07) is 0.665. The monoisotopic (exact) mass is 239 g/mol. The van der Waals surface area contributed by atoms with E-state index in [1.165, 1.54) is 35.1 Å². The summed E-state index contributed by atoms with van der Waals surface area (Å²) in [5.41, 5.74) is 1.27. The van der Waals surface area contributed by atoms with E-state index in [0.29, 0.717) is 6.04 Å². The molecule has 1 fully saturated rings. The van der Waals surface area contributed by atoms with Crippen molar-refractivity contribution < 1.29 is 0 Å². The predicted molar refractivity (Wildman–Crippen MR) is 70.3 cm³/mol. The highest BCUT2D eigenvalue weighted by atomic mass is 32.1. The van der Waals surface area contributed by atoms with Gasteiger partial charge in [0.2, 0.25) is 0 Å². The molecule has 1 atom stereocenters. The van der Waals surface area contributed by atoms with E-state index in [-0.39, 0.29) is 0 Å². The Kier molecular flexibility index (Phi) is 3.82. The van der Waals surface area contributed by atoms with Gasteiger partial charge in [-0.2, -0.15) is 0 Å². The van der Waals surface area contributed by atoms with Crippen LogP contribution in [0.25, 0.3) is 0 Å². The lowest BCUT2D eigenvalue weighted by Crippen LogP contribution is -2.25. The lowest BCUT2D eigenvalue weighted by atomic mass is 10.2. The van der Waals surface area contributed by atoms with Gasteiger partial charge in [0.05, 0.1) is 5.69 Å². The average molecular weight is 239 g/mol. The number of aromatic nitrogens is 1. The third-order valence-electron chi connectivity index (χ3n) is 3.24. The Morgan fingerprint density at radius 1 is 1.56 bits per heavy atom. The van der Waals surface area contributed by atoms with Gasteiger partial charge in [0.1, 0.15) is 0 Å². The lowest BCUT2D eigenvalue weighted by Gasteiger charge is -2.19. The molecule has 1 unspecified atom stereocenters. The molecule has 0 radical (unpaired) electrons. The second-order valence-corrected chi connectivity index (χ2v) is 5.50. The van der Waals surface area contributed by atoms with Crippen LogP contribution in [-0.2, 0) is 13.0 Å². The molecule has 16 heavy (non-hydrogen) atoms. The smallest absolute Gasteiger partial charge is 0.186 e. The molecule has 0 spiro atoms. The van der Waals surface area contributed by atoms with Crippen molar-refractivity contribution in [1.82, 2.24) is 10.3 Å². The molecule has 0 aromatic carbocycles. The maximum atomic E-state index is 4.78. The van der Waals surface area contributed by atoms with E-state index in [1.807, 2.05) is 18.4 Å². The molecule has 0 aliphatic carbocycles. The number of hydrogen-bond donors (Lipinski definition) is 1. The molecule has 0 amide bonds. The van der Waals surface area contributed by atoms with Gasteiger partial charge in [-0.1, -0.05) is 6.92 Å². The van der Waals surface area contributed by atoms with Gasteiger partial charge in [-0.25, -0.2) is 4.98 Å². The van der Waals surface area contributed by atoms with Crippen LogP contribution in [0.4, 0.5) is 5.13 Å². The van der Waals surface area contributed by atoms with Crippen LogP contribution in [0.3, 0.4) is 0 Å². The van der Waals surface area contributed by atoms with Gasteiger partial charge in [-0.15, -0.1) is 11.3 Å². The largest absolute Gasteiger partial charge is 0.345 e. The Bertz CT molecular complexity index is 348. The molecular weight excluding hydrogens is 218 g/mol. The minimum Gasteiger partial charge on any atom is -0.345 e. The highest BCUT2D eigenvalue weighted by Crippen LogP contribution is 2.31. The number of thiazole rings is 1. The SMILES string of the molecule is CCc1nc(N2CCCC2C)sc1CNC. The molecule has 1 aromatic heterocycles. The quantitative estimate of drug-likeness (QED) is 0.874. The van der Waals surface area contributed by atoms with E-state index in [1.54, 1.807) is 0 Å². The Morgan fingerprint density at radius 2 is 2.38 bits per heavy atom. The van der Waals surface area contributed by atoms with Crippen molar-refractivity contribution in [3.8, 4) is 0 Å². The van der Waals surface area contributed by atoms with Crippen molar-refractivity contribution >= 4 is 16.5 Å². The van der Waals surface area contributed by atoms with E-state index in [2.05, 4.69) is 24.1 Å². The van der Waals surface area contributed by atoms with Crippen LogP contribution in [0.1, 0.15) is 37.3 Å². The summed E-state index contributed by atoms with van der Waals surface area (Å²) >= 11 is 1.86. The Balaban J connectivity index is 2.21. The summed E-state index contributed by atoms with van der Waals surface area (Å²) in [6.07, 6.45) is 3.65. The van der Waals surface area contributed by atoms with Gasteiger partial charge in [0, 0.05) is 24.0 Å². The maximum absolute atomic E-state index is 4.78. The van der Waals surface area contributed by atoms with Crippen molar-refractivity contribution in [2.24, 2.45) is 0 Å². The summed E-state index contributed by atoms with van der Waals surface area (Å²) in [4.78, 5) is 8.65. The normalized spacial score (nSPS) is 20.7. The summed E-state index contributed by atoms with van der Waals surface area (Å²) in [6.45, 7) is 6.61. The first-order chi connectivity index (χ1) is 7.76. The topological polar surface area (TPSA) is 28.2 Å². The second kappa shape index (κ2) is 5.15. The fourth-order valence-corrected chi connectivity index (χ4v) is 3.57. The molecule has 2 rings (SSSR count). The molecular formula is C12H21N3S. The van der Waals surface area contributed by atoms with Crippen LogP contribution >= 0.6 is 11.3 Å². The van der Waals surface area contributed by atoms with Crippen LogP contribution < -0.4 is 10.2 Å². The van der Waals surface area contributed by atoms with Crippen LogP contribution in [0.5, 0.6) is 0 Å². The van der Waals surface area contributed by atoms with Gasteiger partial charge in [-0.05, 0) is 33.2 Å². The summed E-state index contributed by atoms with van der Waals surface area (Å²) in [5, 5.41) is 4.45. The molecule has 1 aromatic rings. The van der Waals surface area contributed by atoms with E-state index in [4.69, 9.17) is 4.98 Å². The minimum atomic E-state index is 0.665. The molecule has 0 bridgehead atoms. The minimum absolute atomic E-state index is 0.665. The van der Waals surface area contributed by atoms with Gasteiger partial charge in [0.15, 0.2) is 5.13 Å². The fraction of sp³-hybridized carbons (Fsp3) is 0.750. The molecule has 90 valence electrons. The zero-order chi connectivity index (χ0) is 11.5. The van der Waals surface area contributed by atoms with Gasteiger partial charge in [-0.3, -0.25) is 0 Å². The van der Waals surface area contributed by atoms with E-state index < -0.39 is 0 Å². The highest BCUT2D eigenvalue weighted by Gasteiger charge is 2.24. The van der Waals surface area contributed by atoms with Crippen LogP contribution in [0.15, 0.2) is 0 Å². The standard InChI is InChI=1S/C12H21N3S/c1-4-10-11(8-13-3)16-12(14-10)15-7-5-6-9(15)2/h9,13H,4-8H2,1-3H3. The van der Waals surface area contributed by atoms with Crippen molar-refractivity contribution in [3.63, 3.8) is 0 Å². The number of nitrogens with one attached hydrogen (secondary N) is 1. The number of anilines is 1. The lowest BCUT2D eigenvalue weighted by molar-refractivity contribution is 0.731. The van der Waals surface area contributed by atoms with Crippen molar-refractivity contribution in [1.29, 1.82) is 0 Å². The van der Waals surface area contributed by atoms with Gasteiger partial charge >= 0.3 is 0 Å². The number of rotatable bonds is 4. The van der Waals surface area contributed by atoms with E-state index >= 15 is 0 Å². The molecule has 1 aliphatic heterocycles. The number of nitrogens with zero attached hydrogens (tertiary/aromatic N) is 2. The summed E-state index contributed by atoms with van der Waals surface area (Å²) in [5.74, 6) is 0. The fourth-order valence-electron chi connectivity index (χ4n) is 2.28. The maximum Gasteiger partial charge on any atom is 0.186 e. The Labute approximate surface area is 102 Å². The first kappa shape index (κ1) is 11.9. The number of hydrogen-bond acceptors (Lipinski definition) is 4. The van der Waals surface area contributed by atoms with E-state index in [9.17, 15) is 0 Å². The third-order valence-corrected chi connectivity index (χ3v) is 4.37. The van der Waals surface area contributed by atoms with Crippen LogP contribution in [-0.4, -0.2) is 24.6 Å². The number of aryl methyl sites for hydroxylation is 1. The van der Waals surface area contributed by atoms with Crippen molar-refractivity contribution in [2.75, 3.05) is 18.5 Å². The molecule has 0 saturated carbocycles.